The largest absolute Gasteiger partial charge is 0.496 e. The van der Waals surface area contributed by atoms with Crippen molar-refractivity contribution in [3.05, 3.63) is 96.8 Å². The quantitative estimate of drug-likeness (QED) is 0.334. The van der Waals surface area contributed by atoms with Crippen molar-refractivity contribution in [2.45, 2.75) is 4.90 Å². The molecule has 1 N–H and O–H groups in total. The summed E-state index contributed by atoms with van der Waals surface area (Å²) in [7, 11) is -2.36. The number of sulfonamides is 1. The lowest BCUT2D eigenvalue weighted by molar-refractivity contribution is 0.416. The maximum Gasteiger partial charge on any atom is 0.263 e. The monoisotopic (exact) mass is 511 g/mol. The third-order valence-electron chi connectivity index (χ3n) is 5.68. The zero-order valence-corrected chi connectivity index (χ0v) is 20.2. The number of aromatic nitrogens is 3. The number of nitrogens with zero attached hydrogens (tertiary/aromatic N) is 4. The summed E-state index contributed by atoms with van der Waals surface area (Å²) in [4.78, 5) is 12.3. The number of benzene rings is 3. The van der Waals surface area contributed by atoms with Crippen LogP contribution in [0.1, 0.15) is 5.56 Å². The van der Waals surface area contributed by atoms with Crippen molar-refractivity contribution in [2.24, 2.45) is 0 Å². The fourth-order valence-corrected chi connectivity index (χ4v) is 5.02. The topological polar surface area (TPSA) is 118 Å². The smallest absolute Gasteiger partial charge is 0.263 e. The molecule has 2 aromatic heterocycles. The summed E-state index contributed by atoms with van der Waals surface area (Å²) in [5, 5.41) is 10.5. The summed E-state index contributed by atoms with van der Waals surface area (Å²) >= 11 is 0. The van der Waals surface area contributed by atoms with Crippen LogP contribution in [0.25, 0.3) is 33.2 Å². The van der Waals surface area contributed by atoms with Crippen molar-refractivity contribution in [2.75, 3.05) is 11.8 Å². The third kappa shape index (κ3) is 4.80. The molecule has 5 rings (SSSR count). The summed E-state index contributed by atoms with van der Waals surface area (Å²) in [6.07, 6.45) is 4.29. The molecule has 37 heavy (non-hydrogen) atoms. The van der Waals surface area contributed by atoms with E-state index in [4.69, 9.17) is 4.74 Å². The van der Waals surface area contributed by atoms with Gasteiger partial charge in [-0.05, 0) is 71.1 Å². The molecule has 0 saturated heterocycles. The van der Waals surface area contributed by atoms with Crippen LogP contribution in [0.15, 0.2) is 90.3 Å². The first kappa shape index (κ1) is 23.8. The minimum atomic E-state index is -3.88. The second kappa shape index (κ2) is 9.64. The van der Waals surface area contributed by atoms with E-state index < -0.39 is 15.8 Å². The maximum absolute atomic E-state index is 14.0. The van der Waals surface area contributed by atoms with Gasteiger partial charge in [0.05, 0.1) is 29.3 Å². The van der Waals surface area contributed by atoms with Gasteiger partial charge >= 0.3 is 0 Å². The predicted octanol–water partition coefficient (Wildman–Crippen LogP) is 5.18. The average molecular weight is 512 g/mol. The summed E-state index contributed by atoms with van der Waals surface area (Å²) in [5.41, 5.74) is 2.68. The van der Waals surface area contributed by atoms with E-state index in [0.717, 1.165) is 0 Å². The van der Waals surface area contributed by atoms with Gasteiger partial charge in [0.15, 0.2) is 0 Å². The van der Waals surface area contributed by atoms with Crippen LogP contribution in [-0.2, 0) is 10.0 Å². The van der Waals surface area contributed by atoms with Gasteiger partial charge in [-0.15, -0.1) is 0 Å². The minimum Gasteiger partial charge on any atom is -0.496 e. The molecule has 0 fully saturated rings. The molecule has 0 spiro atoms. The Morgan fingerprint density at radius 2 is 1.81 bits per heavy atom. The SMILES string of the molecule is COc1cc(-c2cc(F)cc(C#N)c2)ccc1-c1nccc2cc(S(=O)(=O)Nc3ccncn3)ccc12. The first-order valence-electron chi connectivity index (χ1n) is 10.9. The number of rotatable bonds is 6. The zero-order chi connectivity index (χ0) is 26.0. The van der Waals surface area contributed by atoms with Crippen molar-refractivity contribution < 1.29 is 17.5 Å². The molecule has 0 aliphatic rings. The molecule has 0 amide bonds. The van der Waals surface area contributed by atoms with Gasteiger partial charge in [0.1, 0.15) is 23.7 Å². The molecule has 5 aromatic rings. The van der Waals surface area contributed by atoms with Crippen LogP contribution >= 0.6 is 0 Å². The average Bonchev–Trinajstić information content (AvgIpc) is 2.92. The summed E-state index contributed by atoms with van der Waals surface area (Å²) in [6.45, 7) is 0. The fraction of sp³-hybridized carbons (Fsp3) is 0.0370. The summed E-state index contributed by atoms with van der Waals surface area (Å²) in [5.74, 6) is 0.144. The predicted molar refractivity (Wildman–Crippen MR) is 137 cm³/mol. The van der Waals surface area contributed by atoms with Crippen molar-refractivity contribution in [1.82, 2.24) is 15.0 Å². The fourth-order valence-electron chi connectivity index (χ4n) is 3.97. The van der Waals surface area contributed by atoms with E-state index in [1.807, 2.05) is 6.07 Å². The number of nitrogens with one attached hydrogen (secondary N) is 1. The second-order valence-corrected chi connectivity index (χ2v) is 9.68. The van der Waals surface area contributed by atoms with Gasteiger partial charge in [0.25, 0.3) is 10.0 Å². The zero-order valence-electron chi connectivity index (χ0n) is 19.4. The van der Waals surface area contributed by atoms with Gasteiger partial charge in [0.2, 0.25) is 0 Å². The van der Waals surface area contributed by atoms with Crippen molar-refractivity contribution >= 4 is 26.6 Å². The van der Waals surface area contributed by atoms with Gasteiger partial charge in [-0.1, -0.05) is 12.1 Å². The Labute approximate surface area is 212 Å². The van der Waals surface area contributed by atoms with E-state index in [0.29, 0.717) is 38.9 Å². The number of pyridine rings is 1. The Balaban J connectivity index is 1.55. The normalized spacial score (nSPS) is 11.2. The highest BCUT2D eigenvalue weighted by Gasteiger charge is 2.18. The Morgan fingerprint density at radius 3 is 2.57 bits per heavy atom. The van der Waals surface area contributed by atoms with Crippen LogP contribution < -0.4 is 9.46 Å². The van der Waals surface area contributed by atoms with Crippen molar-refractivity contribution in [3.63, 3.8) is 0 Å². The van der Waals surface area contributed by atoms with Crippen molar-refractivity contribution in [3.8, 4) is 34.2 Å². The Hall–Kier alpha value is -4.88. The van der Waals surface area contributed by atoms with Gasteiger partial charge in [0, 0.05) is 23.3 Å². The Morgan fingerprint density at radius 1 is 0.946 bits per heavy atom. The van der Waals surface area contributed by atoms with Gasteiger partial charge in [-0.3, -0.25) is 9.71 Å². The first-order chi connectivity index (χ1) is 17.9. The number of halogens is 1. The molecular weight excluding hydrogens is 493 g/mol. The third-order valence-corrected chi connectivity index (χ3v) is 7.04. The van der Waals surface area contributed by atoms with Crippen LogP contribution in [0, 0.1) is 17.1 Å². The molecule has 0 aliphatic heterocycles. The van der Waals surface area contributed by atoms with E-state index >= 15 is 0 Å². The van der Waals surface area contributed by atoms with E-state index in [1.54, 1.807) is 48.7 Å². The standard InChI is InChI=1S/C27H18FN5O3S/c1-36-25-14-18(20-10-17(15-29)11-21(28)12-20)2-4-24(25)27-23-5-3-22(13-19(23)6-9-31-27)37(34,35)33-26-7-8-30-16-32-26/h2-14,16H,1H3,(H,30,32,33). The second-order valence-electron chi connectivity index (χ2n) is 8.00. The van der Waals surface area contributed by atoms with E-state index in [9.17, 15) is 18.1 Å². The number of nitriles is 1. The number of hydrogen-bond acceptors (Lipinski definition) is 7. The molecule has 3 aromatic carbocycles. The summed E-state index contributed by atoms with van der Waals surface area (Å²) in [6, 6.07) is 19.3. The molecule has 8 nitrogen and oxygen atoms in total. The van der Waals surface area contributed by atoms with Crippen LogP contribution in [0.3, 0.4) is 0 Å². The molecule has 2 heterocycles. The number of ether oxygens (including phenoxy) is 1. The lowest BCUT2D eigenvalue weighted by Crippen LogP contribution is -2.13. The van der Waals surface area contributed by atoms with Crippen LogP contribution in [-0.4, -0.2) is 30.5 Å². The summed E-state index contributed by atoms with van der Waals surface area (Å²) < 4.78 is 47.8. The molecule has 0 bridgehead atoms. The Kier molecular flexibility index (Phi) is 6.21. The molecule has 0 atom stereocenters. The van der Waals surface area contributed by atoms with Gasteiger partial charge < -0.3 is 4.74 Å². The number of anilines is 1. The van der Waals surface area contributed by atoms with Crippen LogP contribution in [0.5, 0.6) is 5.75 Å². The van der Waals surface area contributed by atoms with E-state index in [2.05, 4.69) is 19.7 Å². The molecule has 0 saturated carbocycles. The number of hydrogen-bond donors (Lipinski definition) is 1. The molecule has 0 aliphatic carbocycles. The molecule has 0 unspecified atom stereocenters. The Bertz CT molecular complexity index is 1790. The molecular formula is C27H18FN5O3S. The van der Waals surface area contributed by atoms with Gasteiger partial charge in [-0.2, -0.15) is 5.26 Å². The number of methoxy groups -OCH3 is 1. The lowest BCUT2D eigenvalue weighted by Gasteiger charge is -2.14. The highest BCUT2D eigenvalue weighted by molar-refractivity contribution is 7.92. The highest BCUT2D eigenvalue weighted by atomic mass is 32.2. The molecule has 0 radical (unpaired) electrons. The highest BCUT2D eigenvalue weighted by Crippen LogP contribution is 2.37. The van der Waals surface area contributed by atoms with E-state index in [1.165, 1.54) is 43.9 Å². The maximum atomic E-state index is 14.0. The van der Waals surface area contributed by atoms with Crippen molar-refractivity contribution in [1.29, 1.82) is 5.26 Å². The first-order valence-corrected chi connectivity index (χ1v) is 12.4. The van der Waals surface area contributed by atoms with E-state index in [-0.39, 0.29) is 16.3 Å². The number of fused-ring (bicyclic) bond motifs is 1. The lowest BCUT2D eigenvalue weighted by atomic mass is 9.98. The van der Waals surface area contributed by atoms with Crippen LogP contribution in [0.4, 0.5) is 10.2 Å². The molecule has 182 valence electrons. The molecule has 10 heteroatoms. The van der Waals surface area contributed by atoms with Gasteiger partial charge in [-0.25, -0.2) is 22.8 Å². The van der Waals surface area contributed by atoms with Crippen LogP contribution in [0.2, 0.25) is 0 Å². The minimum absolute atomic E-state index is 0.0671.